The van der Waals surface area contributed by atoms with Gasteiger partial charge in [-0.1, -0.05) is 206 Å². The summed E-state index contributed by atoms with van der Waals surface area (Å²) in [6.07, 6.45) is 47.5. The van der Waals surface area contributed by atoms with Crippen molar-refractivity contribution in [3.63, 3.8) is 0 Å². The monoisotopic (exact) mass is 761 g/mol. The number of ether oxygens (including phenoxy) is 3. The highest BCUT2D eigenvalue weighted by Gasteiger charge is 2.19. The molecule has 0 heterocycles. The van der Waals surface area contributed by atoms with Gasteiger partial charge in [0, 0.05) is 19.3 Å². The van der Waals surface area contributed by atoms with E-state index in [4.69, 9.17) is 14.2 Å². The zero-order valence-electron chi connectivity index (χ0n) is 36.0. The average molecular weight is 761 g/mol. The van der Waals surface area contributed by atoms with Gasteiger partial charge in [-0.25, -0.2) is 0 Å². The third-order valence-electron chi connectivity index (χ3n) is 10.2. The van der Waals surface area contributed by atoms with Gasteiger partial charge in [0.25, 0.3) is 0 Å². The van der Waals surface area contributed by atoms with Crippen molar-refractivity contribution in [3.8, 4) is 0 Å². The third kappa shape index (κ3) is 41.1. The molecule has 0 aromatic carbocycles. The van der Waals surface area contributed by atoms with Gasteiger partial charge in [-0.2, -0.15) is 0 Å². The minimum Gasteiger partial charge on any atom is -0.462 e. The Balaban J connectivity index is 4.22. The van der Waals surface area contributed by atoms with Crippen LogP contribution in [0.4, 0.5) is 0 Å². The second kappa shape index (κ2) is 43.6. The van der Waals surface area contributed by atoms with Crippen LogP contribution < -0.4 is 0 Å². The molecule has 0 amide bonds. The lowest BCUT2D eigenvalue weighted by atomic mass is 10.0. The fourth-order valence-electron chi connectivity index (χ4n) is 6.66. The molecule has 0 radical (unpaired) electrons. The normalized spacial score (nSPS) is 12.1. The molecule has 0 aromatic rings. The fraction of sp³-hybridized carbons (Fsp3) is 0.854. The molecule has 0 aromatic heterocycles. The van der Waals surface area contributed by atoms with Crippen molar-refractivity contribution in [3.05, 3.63) is 24.3 Å². The Morgan fingerprint density at radius 1 is 0.370 bits per heavy atom. The highest BCUT2D eigenvalue weighted by molar-refractivity contribution is 5.71. The summed E-state index contributed by atoms with van der Waals surface area (Å²) in [6, 6.07) is 0. The Kier molecular flexibility index (Phi) is 41.9. The van der Waals surface area contributed by atoms with E-state index in [1.54, 1.807) is 0 Å². The first-order valence-electron chi connectivity index (χ1n) is 23.3. The van der Waals surface area contributed by atoms with Crippen LogP contribution in [-0.4, -0.2) is 37.2 Å². The molecule has 0 N–H and O–H groups in total. The zero-order chi connectivity index (χ0) is 39.4. The van der Waals surface area contributed by atoms with Crippen molar-refractivity contribution in [1.82, 2.24) is 0 Å². The van der Waals surface area contributed by atoms with E-state index in [9.17, 15) is 14.4 Å². The predicted molar refractivity (Wildman–Crippen MR) is 229 cm³/mol. The van der Waals surface area contributed by atoms with Crippen molar-refractivity contribution in [2.24, 2.45) is 0 Å². The molecule has 0 saturated carbocycles. The first-order valence-corrected chi connectivity index (χ1v) is 23.3. The summed E-state index contributed by atoms with van der Waals surface area (Å²) in [5.41, 5.74) is 0. The number of hydrogen-bond acceptors (Lipinski definition) is 6. The number of esters is 3. The number of hydrogen-bond donors (Lipinski definition) is 0. The first kappa shape index (κ1) is 51.9. The molecule has 0 aliphatic heterocycles. The van der Waals surface area contributed by atoms with Gasteiger partial charge in [0.1, 0.15) is 13.2 Å². The van der Waals surface area contributed by atoms with Gasteiger partial charge in [0.05, 0.1) is 0 Å². The molecule has 0 aliphatic carbocycles. The Labute approximate surface area is 334 Å². The molecule has 1 unspecified atom stereocenters. The molecule has 0 saturated heterocycles. The van der Waals surface area contributed by atoms with Crippen LogP contribution in [0.1, 0.15) is 245 Å². The van der Waals surface area contributed by atoms with Gasteiger partial charge in [-0.15, -0.1) is 0 Å². The second-order valence-corrected chi connectivity index (χ2v) is 15.7. The average Bonchev–Trinajstić information content (AvgIpc) is 3.17. The molecular formula is C48H88O6. The molecular weight excluding hydrogens is 673 g/mol. The fourth-order valence-corrected chi connectivity index (χ4v) is 6.66. The Morgan fingerprint density at radius 2 is 0.704 bits per heavy atom. The third-order valence-corrected chi connectivity index (χ3v) is 10.2. The number of allylic oxidation sites excluding steroid dienone is 4. The lowest BCUT2D eigenvalue weighted by Crippen LogP contribution is -2.30. The van der Waals surface area contributed by atoms with Gasteiger partial charge < -0.3 is 14.2 Å². The summed E-state index contributed by atoms with van der Waals surface area (Å²) in [4.78, 5) is 37.6. The number of rotatable bonds is 42. The number of unbranched alkanes of at least 4 members (excludes halogenated alkanes) is 27. The van der Waals surface area contributed by atoms with E-state index < -0.39 is 6.10 Å². The summed E-state index contributed by atoms with van der Waals surface area (Å²) < 4.78 is 16.6. The lowest BCUT2D eigenvalue weighted by molar-refractivity contribution is -0.167. The summed E-state index contributed by atoms with van der Waals surface area (Å²) >= 11 is 0. The minimum atomic E-state index is -0.769. The van der Waals surface area contributed by atoms with E-state index in [2.05, 4.69) is 45.1 Å². The maximum Gasteiger partial charge on any atom is 0.306 e. The van der Waals surface area contributed by atoms with Crippen LogP contribution in [0.5, 0.6) is 0 Å². The summed E-state index contributed by atoms with van der Waals surface area (Å²) in [5, 5.41) is 0. The van der Waals surface area contributed by atoms with Crippen molar-refractivity contribution in [2.75, 3.05) is 13.2 Å². The van der Waals surface area contributed by atoms with Crippen LogP contribution in [0.25, 0.3) is 0 Å². The second-order valence-electron chi connectivity index (χ2n) is 15.7. The number of carbonyl (C=O) groups excluding carboxylic acids is 3. The first-order chi connectivity index (χ1) is 26.5. The number of carbonyl (C=O) groups is 3. The molecule has 0 bridgehead atoms. The summed E-state index contributed by atoms with van der Waals surface area (Å²) in [5.74, 6) is -0.891. The van der Waals surface area contributed by atoms with Gasteiger partial charge in [-0.3, -0.25) is 14.4 Å². The standard InChI is InChI=1S/C48H88O6/c1-4-7-10-13-16-18-20-22-23-24-25-27-28-30-32-35-38-41-47(50)53-44-45(43-52-46(49)40-37-34-15-12-9-6-3)54-48(51)42-39-36-33-31-29-26-21-19-17-14-11-8-5-2/h11,14,19,21,45H,4-10,12-13,15-18,20,22-44H2,1-3H3/b14-11-,21-19-. The highest BCUT2D eigenvalue weighted by Crippen LogP contribution is 2.15. The molecule has 316 valence electrons. The van der Waals surface area contributed by atoms with Gasteiger partial charge in [-0.05, 0) is 44.9 Å². The molecule has 0 aliphatic rings. The summed E-state index contributed by atoms with van der Waals surface area (Å²) in [6.45, 7) is 6.51. The van der Waals surface area contributed by atoms with Crippen LogP contribution >= 0.6 is 0 Å². The van der Waals surface area contributed by atoms with E-state index in [1.807, 2.05) is 0 Å². The van der Waals surface area contributed by atoms with Crippen LogP contribution in [-0.2, 0) is 28.6 Å². The summed E-state index contributed by atoms with van der Waals surface area (Å²) in [7, 11) is 0. The molecule has 6 nitrogen and oxygen atoms in total. The molecule has 54 heavy (non-hydrogen) atoms. The lowest BCUT2D eigenvalue weighted by Gasteiger charge is -2.18. The SMILES string of the molecule is CCC/C=C\C/C=C\CCCCCCCC(=O)OC(COC(=O)CCCCCCCC)COC(=O)CCCCCCCCCCCCCCCCCCC. The Morgan fingerprint density at radius 3 is 1.09 bits per heavy atom. The van der Waals surface area contributed by atoms with E-state index in [0.29, 0.717) is 19.3 Å². The zero-order valence-corrected chi connectivity index (χ0v) is 36.0. The highest BCUT2D eigenvalue weighted by atomic mass is 16.6. The van der Waals surface area contributed by atoms with Crippen molar-refractivity contribution < 1.29 is 28.6 Å². The van der Waals surface area contributed by atoms with Gasteiger partial charge in [0.15, 0.2) is 6.10 Å². The smallest absolute Gasteiger partial charge is 0.306 e. The van der Waals surface area contributed by atoms with E-state index in [0.717, 1.165) is 89.9 Å². The van der Waals surface area contributed by atoms with E-state index in [-0.39, 0.29) is 31.1 Å². The quantitative estimate of drug-likeness (QED) is 0.0267. The molecule has 1 atom stereocenters. The predicted octanol–water partition coefficient (Wildman–Crippen LogP) is 14.8. The van der Waals surface area contributed by atoms with E-state index >= 15 is 0 Å². The molecule has 0 spiro atoms. The van der Waals surface area contributed by atoms with Gasteiger partial charge in [0.2, 0.25) is 0 Å². The van der Waals surface area contributed by atoms with Crippen LogP contribution in [0.2, 0.25) is 0 Å². The van der Waals surface area contributed by atoms with Crippen molar-refractivity contribution >= 4 is 17.9 Å². The van der Waals surface area contributed by atoms with Crippen LogP contribution in [0.15, 0.2) is 24.3 Å². The largest absolute Gasteiger partial charge is 0.462 e. The maximum absolute atomic E-state index is 12.7. The van der Waals surface area contributed by atoms with Crippen molar-refractivity contribution in [1.29, 1.82) is 0 Å². The van der Waals surface area contributed by atoms with E-state index in [1.165, 1.54) is 116 Å². The molecule has 0 rings (SSSR count). The van der Waals surface area contributed by atoms with Gasteiger partial charge >= 0.3 is 17.9 Å². The topological polar surface area (TPSA) is 78.9 Å². The minimum absolute atomic E-state index is 0.0737. The molecule has 0 fully saturated rings. The Hall–Kier alpha value is -2.11. The van der Waals surface area contributed by atoms with Crippen LogP contribution in [0, 0.1) is 0 Å². The maximum atomic E-state index is 12.7. The van der Waals surface area contributed by atoms with Crippen molar-refractivity contribution in [2.45, 2.75) is 252 Å². The molecule has 6 heteroatoms. The van der Waals surface area contributed by atoms with Crippen LogP contribution in [0.3, 0.4) is 0 Å². The Bertz CT molecular complexity index is 880.